The van der Waals surface area contributed by atoms with Crippen LogP contribution in [0.3, 0.4) is 0 Å². The Morgan fingerprint density at radius 1 is 1.06 bits per heavy atom. The lowest BCUT2D eigenvalue weighted by Crippen LogP contribution is -2.50. The molecule has 2 aliphatic rings. The fourth-order valence-electron chi connectivity index (χ4n) is 4.41. The van der Waals surface area contributed by atoms with Crippen molar-refractivity contribution in [2.24, 2.45) is 4.99 Å². The average molecular weight is 439 g/mol. The molecule has 2 atom stereocenters. The molecule has 1 N–H and O–H groups in total. The lowest BCUT2D eigenvalue weighted by atomic mass is 10.1. The van der Waals surface area contributed by atoms with Crippen LogP contribution in [-0.2, 0) is 22.6 Å². The maximum atomic E-state index is 6.12. The number of ether oxygens (including phenoxy) is 3. The van der Waals surface area contributed by atoms with Gasteiger partial charge in [-0.05, 0) is 23.3 Å². The number of aliphatic imine (C=N–C) groups is 1. The summed E-state index contributed by atoms with van der Waals surface area (Å²) in [4.78, 5) is 9.41. The molecule has 2 aromatic rings. The van der Waals surface area contributed by atoms with Crippen LogP contribution in [0.2, 0.25) is 0 Å². The fraction of sp³-hybridized carbons (Fsp3) is 0.480. The van der Waals surface area contributed by atoms with Gasteiger partial charge in [0.25, 0.3) is 0 Å². The van der Waals surface area contributed by atoms with E-state index in [-0.39, 0.29) is 6.10 Å². The second-order valence-corrected chi connectivity index (χ2v) is 8.22. The predicted octanol–water partition coefficient (Wildman–Crippen LogP) is 2.37. The third-order valence-corrected chi connectivity index (χ3v) is 6.09. The summed E-state index contributed by atoms with van der Waals surface area (Å²) in [6.07, 6.45) is 0.217. The highest BCUT2D eigenvalue weighted by molar-refractivity contribution is 5.80. The topological polar surface area (TPSA) is 58.6 Å². The van der Waals surface area contributed by atoms with Crippen LogP contribution >= 0.6 is 0 Å². The number of fused-ring (bicyclic) bond motifs is 1. The first kappa shape index (κ1) is 22.6. The van der Waals surface area contributed by atoms with Gasteiger partial charge in [0.05, 0.1) is 25.4 Å². The molecule has 0 amide bonds. The van der Waals surface area contributed by atoms with Crippen LogP contribution in [0.15, 0.2) is 59.6 Å². The summed E-state index contributed by atoms with van der Waals surface area (Å²) in [6.45, 7) is 6.35. The Kier molecular flexibility index (Phi) is 7.98. The summed E-state index contributed by atoms with van der Waals surface area (Å²) in [7, 11) is 3.52. The molecule has 2 heterocycles. The molecule has 172 valence electrons. The van der Waals surface area contributed by atoms with Crippen molar-refractivity contribution in [2.45, 2.75) is 25.2 Å². The lowest BCUT2D eigenvalue weighted by Gasteiger charge is -2.36. The van der Waals surface area contributed by atoms with Gasteiger partial charge in [-0.15, -0.1) is 0 Å². The third-order valence-electron chi connectivity index (χ3n) is 6.09. The first-order valence-electron chi connectivity index (χ1n) is 11.3. The molecular formula is C25H34N4O3. The van der Waals surface area contributed by atoms with Gasteiger partial charge in [0.2, 0.25) is 0 Å². The van der Waals surface area contributed by atoms with Gasteiger partial charge in [-0.1, -0.05) is 42.5 Å². The van der Waals surface area contributed by atoms with Crippen LogP contribution in [0, 0.1) is 0 Å². The molecule has 2 saturated heterocycles. The number of nitrogens with zero attached hydrogens (tertiary/aromatic N) is 3. The first-order valence-corrected chi connectivity index (χ1v) is 11.3. The Hall–Kier alpha value is -2.61. The van der Waals surface area contributed by atoms with Crippen molar-refractivity contribution >= 4 is 5.96 Å². The maximum Gasteiger partial charge on any atom is 0.194 e. The minimum absolute atomic E-state index is 0.217. The van der Waals surface area contributed by atoms with Gasteiger partial charge in [-0.25, -0.2) is 0 Å². The highest BCUT2D eigenvalue weighted by Crippen LogP contribution is 2.24. The molecule has 2 fully saturated rings. The van der Waals surface area contributed by atoms with Crippen molar-refractivity contribution in [3.63, 3.8) is 0 Å². The van der Waals surface area contributed by atoms with E-state index in [2.05, 4.69) is 62.6 Å². The van der Waals surface area contributed by atoms with Crippen molar-refractivity contribution in [1.82, 2.24) is 15.1 Å². The van der Waals surface area contributed by atoms with Gasteiger partial charge < -0.3 is 24.4 Å². The molecule has 2 aliphatic heterocycles. The van der Waals surface area contributed by atoms with Crippen molar-refractivity contribution in [1.29, 1.82) is 0 Å². The van der Waals surface area contributed by atoms with Gasteiger partial charge in [0, 0.05) is 46.9 Å². The molecule has 0 spiro atoms. The van der Waals surface area contributed by atoms with Gasteiger partial charge in [-0.2, -0.15) is 0 Å². The second kappa shape index (κ2) is 11.3. The summed E-state index contributed by atoms with van der Waals surface area (Å²) in [5.74, 6) is 1.78. The number of nitrogens with one attached hydrogen (secondary N) is 1. The zero-order chi connectivity index (χ0) is 22.2. The van der Waals surface area contributed by atoms with Crippen molar-refractivity contribution in [2.75, 3.05) is 53.6 Å². The molecule has 2 aromatic carbocycles. The minimum Gasteiger partial charge on any atom is -0.491 e. The van der Waals surface area contributed by atoms with Gasteiger partial charge in [0.1, 0.15) is 12.4 Å². The summed E-state index contributed by atoms with van der Waals surface area (Å²) in [5, 5.41) is 3.51. The maximum absolute atomic E-state index is 6.12. The van der Waals surface area contributed by atoms with E-state index >= 15 is 0 Å². The van der Waals surface area contributed by atoms with Crippen LogP contribution in [0.5, 0.6) is 5.75 Å². The largest absolute Gasteiger partial charge is 0.491 e. The SMILES string of the molecule is CN=C(NCc1ccc(OCCOC)cc1)N1CC2OCCN(Cc3ccccc3)C2C1. The number of hydrogen-bond acceptors (Lipinski definition) is 5. The van der Waals surface area contributed by atoms with E-state index in [4.69, 9.17) is 14.2 Å². The number of rotatable bonds is 8. The van der Waals surface area contributed by atoms with Crippen LogP contribution in [0.25, 0.3) is 0 Å². The molecule has 7 nitrogen and oxygen atoms in total. The number of hydrogen-bond donors (Lipinski definition) is 1. The predicted molar refractivity (Wildman–Crippen MR) is 126 cm³/mol. The average Bonchev–Trinajstić information content (AvgIpc) is 3.26. The second-order valence-electron chi connectivity index (χ2n) is 8.22. The van der Waals surface area contributed by atoms with Crippen molar-refractivity contribution in [3.05, 3.63) is 65.7 Å². The lowest BCUT2D eigenvalue weighted by molar-refractivity contribution is -0.0502. The molecule has 0 saturated carbocycles. The standard InChI is InChI=1S/C25H34N4O3/c1-26-25(27-16-20-8-10-22(11-9-20)31-15-14-30-2)29-18-23-24(19-29)32-13-12-28(23)17-21-6-4-3-5-7-21/h3-11,23-24H,12-19H2,1-2H3,(H,26,27). The molecule has 0 aliphatic carbocycles. The van der Waals surface area contributed by atoms with E-state index in [0.717, 1.165) is 44.5 Å². The molecular weight excluding hydrogens is 404 g/mol. The minimum atomic E-state index is 0.217. The Balaban J connectivity index is 1.31. The summed E-state index contributed by atoms with van der Waals surface area (Å²) < 4.78 is 16.8. The van der Waals surface area contributed by atoms with Crippen molar-refractivity contribution in [3.8, 4) is 5.75 Å². The number of benzene rings is 2. The molecule has 2 unspecified atom stereocenters. The van der Waals surface area contributed by atoms with E-state index in [1.54, 1.807) is 7.11 Å². The van der Waals surface area contributed by atoms with Crippen LogP contribution in [0.4, 0.5) is 0 Å². The highest BCUT2D eigenvalue weighted by atomic mass is 16.5. The van der Waals surface area contributed by atoms with E-state index in [1.165, 1.54) is 11.1 Å². The summed E-state index contributed by atoms with van der Waals surface area (Å²) in [6, 6.07) is 19.2. The van der Waals surface area contributed by atoms with Crippen LogP contribution in [-0.4, -0.2) is 81.5 Å². The Morgan fingerprint density at radius 2 is 1.88 bits per heavy atom. The van der Waals surface area contributed by atoms with Gasteiger partial charge in [-0.3, -0.25) is 9.89 Å². The van der Waals surface area contributed by atoms with Crippen LogP contribution < -0.4 is 10.1 Å². The van der Waals surface area contributed by atoms with E-state index in [1.807, 2.05) is 19.2 Å². The third kappa shape index (κ3) is 5.79. The van der Waals surface area contributed by atoms with E-state index in [9.17, 15) is 0 Å². The molecule has 32 heavy (non-hydrogen) atoms. The zero-order valence-corrected chi connectivity index (χ0v) is 19.1. The monoisotopic (exact) mass is 438 g/mol. The Bertz CT molecular complexity index is 859. The zero-order valence-electron chi connectivity index (χ0n) is 19.1. The highest BCUT2D eigenvalue weighted by Gasteiger charge is 2.41. The number of likely N-dealkylation sites (tertiary alicyclic amines) is 1. The quantitative estimate of drug-likeness (QED) is 0.388. The number of guanidine groups is 1. The molecule has 0 radical (unpaired) electrons. The number of morpholine rings is 1. The fourth-order valence-corrected chi connectivity index (χ4v) is 4.41. The van der Waals surface area contributed by atoms with Gasteiger partial charge >= 0.3 is 0 Å². The van der Waals surface area contributed by atoms with Gasteiger partial charge in [0.15, 0.2) is 5.96 Å². The van der Waals surface area contributed by atoms with E-state index < -0.39 is 0 Å². The molecule has 0 aromatic heterocycles. The summed E-state index contributed by atoms with van der Waals surface area (Å²) >= 11 is 0. The van der Waals surface area contributed by atoms with Crippen LogP contribution in [0.1, 0.15) is 11.1 Å². The van der Waals surface area contributed by atoms with Crippen molar-refractivity contribution < 1.29 is 14.2 Å². The Labute approximate surface area is 191 Å². The van der Waals surface area contributed by atoms with E-state index in [0.29, 0.717) is 25.8 Å². The molecule has 7 heteroatoms. The summed E-state index contributed by atoms with van der Waals surface area (Å²) in [5.41, 5.74) is 2.53. The smallest absolute Gasteiger partial charge is 0.194 e. The molecule has 4 rings (SSSR count). The molecule has 0 bridgehead atoms. The Morgan fingerprint density at radius 3 is 2.62 bits per heavy atom. The normalized spacial score (nSPS) is 21.4. The first-order chi connectivity index (χ1) is 15.8. The number of methoxy groups -OCH3 is 1.